The zero-order valence-electron chi connectivity index (χ0n) is 21.8. The van der Waals surface area contributed by atoms with E-state index >= 15 is 0 Å². The van der Waals surface area contributed by atoms with E-state index in [0.717, 1.165) is 49.2 Å². The molecular weight excluding hydrogens is 494 g/mol. The van der Waals surface area contributed by atoms with Gasteiger partial charge in [0.25, 0.3) is 5.91 Å². The maximum absolute atomic E-state index is 13.1. The highest BCUT2D eigenvalue weighted by Gasteiger charge is 2.21. The van der Waals surface area contributed by atoms with Crippen LogP contribution in [0.3, 0.4) is 0 Å². The molecule has 0 saturated carbocycles. The third-order valence-corrected chi connectivity index (χ3v) is 6.84. The molecule has 9 heteroatoms. The Kier molecular flexibility index (Phi) is 11.7. The molecule has 0 aliphatic carbocycles. The van der Waals surface area contributed by atoms with Gasteiger partial charge in [-0.3, -0.25) is 4.79 Å². The predicted octanol–water partition coefficient (Wildman–Crippen LogP) is 4.24. The second kappa shape index (κ2) is 14.9. The fourth-order valence-electron chi connectivity index (χ4n) is 4.52. The third kappa shape index (κ3) is 9.00. The Labute approximate surface area is 224 Å². The van der Waals surface area contributed by atoms with E-state index < -0.39 is 12.2 Å². The first-order valence-corrected chi connectivity index (χ1v) is 13.1. The molecule has 0 spiro atoms. The van der Waals surface area contributed by atoms with Crippen LogP contribution in [0.15, 0.2) is 42.5 Å². The molecule has 3 N–H and O–H groups in total. The summed E-state index contributed by atoms with van der Waals surface area (Å²) in [6.45, 7) is 4.67. The topological polar surface area (TPSA) is 97.9 Å². The lowest BCUT2D eigenvalue weighted by molar-refractivity contribution is 0.0478. The number of methoxy groups -OCH3 is 1. The summed E-state index contributed by atoms with van der Waals surface area (Å²) in [6.07, 6.45) is 2.22. The van der Waals surface area contributed by atoms with Crippen LogP contribution in [0.25, 0.3) is 0 Å². The number of hydrogen-bond acceptors (Lipinski definition) is 6. The number of carbonyl (C=O) groups is 2. The van der Waals surface area contributed by atoms with Gasteiger partial charge in [-0.1, -0.05) is 29.8 Å². The molecule has 3 rings (SSSR count). The van der Waals surface area contributed by atoms with Crippen LogP contribution in [0.5, 0.6) is 0 Å². The van der Waals surface area contributed by atoms with Gasteiger partial charge >= 0.3 is 6.09 Å². The largest absolute Gasteiger partial charge is 0.453 e. The van der Waals surface area contributed by atoms with Gasteiger partial charge in [-0.15, -0.1) is 0 Å². The number of hydrogen-bond donors (Lipinski definition) is 3. The molecule has 0 radical (unpaired) electrons. The van der Waals surface area contributed by atoms with E-state index in [1.165, 1.54) is 7.11 Å². The number of halogens is 1. The molecule has 2 aromatic rings. The van der Waals surface area contributed by atoms with Crippen LogP contribution in [0.1, 0.15) is 52.4 Å². The van der Waals surface area contributed by atoms with Gasteiger partial charge in [0.05, 0.1) is 13.7 Å². The second-order valence-corrected chi connectivity index (χ2v) is 9.75. The molecule has 1 heterocycles. The average Bonchev–Trinajstić information content (AvgIpc) is 2.92. The van der Waals surface area contributed by atoms with E-state index in [-0.39, 0.29) is 25.1 Å². The Morgan fingerprint density at radius 1 is 1.19 bits per heavy atom. The Balaban J connectivity index is 1.70. The van der Waals surface area contributed by atoms with Gasteiger partial charge in [0.2, 0.25) is 0 Å². The van der Waals surface area contributed by atoms with Crippen LogP contribution >= 0.6 is 11.6 Å². The minimum atomic E-state index is -0.520. The summed E-state index contributed by atoms with van der Waals surface area (Å²) in [6, 6.07) is 13.2. The molecule has 1 fully saturated rings. The minimum Gasteiger partial charge on any atom is -0.453 e. The van der Waals surface area contributed by atoms with Crippen molar-refractivity contribution < 1.29 is 23.8 Å². The lowest BCUT2D eigenvalue weighted by Gasteiger charge is -2.26. The standard InChI is InChI=1S/C28H38ClN3O5/c1-19-9-10-23(29)16-25(19)26(37-13-11-31-28(34)35-3)21-7-4-8-22(15-21)27(33)32-17-24(30-2)14-20-6-5-12-36-18-20/h4,7-10,15-16,20,24,26,30H,5-6,11-14,17-18H2,1-3H3,(H,31,34)(H,32,33)/t20-,24+,26?/m1/s1. The SMILES string of the molecule is CN[C@H](CNC(=O)c1cccc(C(OCCNC(=O)OC)c2cc(Cl)ccc2C)c1)C[C@H]1CCCOC1. The monoisotopic (exact) mass is 531 g/mol. The smallest absolute Gasteiger partial charge is 0.406 e. The summed E-state index contributed by atoms with van der Waals surface area (Å²) in [5.74, 6) is 0.370. The van der Waals surface area contributed by atoms with Crippen molar-refractivity contribution in [2.75, 3.05) is 47.1 Å². The van der Waals surface area contributed by atoms with Crippen molar-refractivity contribution in [2.24, 2.45) is 5.92 Å². The summed E-state index contributed by atoms with van der Waals surface area (Å²) in [5, 5.41) is 9.60. The Morgan fingerprint density at radius 3 is 2.76 bits per heavy atom. The molecule has 202 valence electrons. The Morgan fingerprint density at radius 2 is 2.03 bits per heavy atom. The molecule has 37 heavy (non-hydrogen) atoms. The number of benzene rings is 2. The van der Waals surface area contributed by atoms with E-state index in [0.29, 0.717) is 23.0 Å². The van der Waals surface area contributed by atoms with Crippen molar-refractivity contribution in [3.05, 3.63) is 69.7 Å². The van der Waals surface area contributed by atoms with E-state index in [1.54, 1.807) is 6.07 Å². The van der Waals surface area contributed by atoms with E-state index in [2.05, 4.69) is 20.7 Å². The zero-order valence-corrected chi connectivity index (χ0v) is 22.6. The molecule has 2 aromatic carbocycles. The summed E-state index contributed by atoms with van der Waals surface area (Å²) in [4.78, 5) is 24.5. The van der Waals surface area contributed by atoms with Crippen LogP contribution in [0.2, 0.25) is 5.02 Å². The van der Waals surface area contributed by atoms with Gasteiger partial charge in [-0.2, -0.15) is 0 Å². The molecule has 2 amide bonds. The third-order valence-electron chi connectivity index (χ3n) is 6.61. The van der Waals surface area contributed by atoms with Crippen LogP contribution in [-0.4, -0.2) is 65.1 Å². The number of carbonyl (C=O) groups excluding carboxylic acids is 2. The van der Waals surface area contributed by atoms with E-state index in [1.807, 2.05) is 50.4 Å². The second-order valence-electron chi connectivity index (χ2n) is 9.31. The van der Waals surface area contributed by atoms with Crippen LogP contribution in [0, 0.1) is 12.8 Å². The molecular formula is C28H38ClN3O5. The maximum Gasteiger partial charge on any atom is 0.406 e. The molecule has 1 aliphatic heterocycles. The first kappa shape index (κ1) is 28.9. The molecule has 3 atom stereocenters. The van der Waals surface area contributed by atoms with E-state index in [4.69, 9.17) is 21.1 Å². The molecule has 8 nitrogen and oxygen atoms in total. The normalized spacial score (nSPS) is 17.0. The molecule has 0 aromatic heterocycles. The Hall–Kier alpha value is -2.65. The van der Waals surface area contributed by atoms with Gasteiger partial charge in [0.1, 0.15) is 6.10 Å². The number of likely N-dealkylation sites (N-methyl/N-ethyl adjacent to an activating group) is 1. The number of nitrogens with one attached hydrogen (secondary N) is 3. The van der Waals surface area contributed by atoms with Gasteiger partial charge in [0, 0.05) is 42.9 Å². The summed E-state index contributed by atoms with van der Waals surface area (Å²) >= 11 is 6.30. The van der Waals surface area contributed by atoms with Gasteiger partial charge in [-0.25, -0.2) is 4.79 Å². The number of rotatable bonds is 12. The van der Waals surface area contributed by atoms with Crippen LogP contribution in [0.4, 0.5) is 4.79 Å². The van der Waals surface area contributed by atoms with Crippen molar-refractivity contribution in [1.82, 2.24) is 16.0 Å². The lowest BCUT2D eigenvalue weighted by atomic mass is 9.94. The molecule has 0 bridgehead atoms. The zero-order chi connectivity index (χ0) is 26.6. The quantitative estimate of drug-likeness (QED) is 0.354. The minimum absolute atomic E-state index is 0.143. The number of amides is 2. The van der Waals surface area contributed by atoms with Gasteiger partial charge in [-0.05, 0) is 80.1 Å². The van der Waals surface area contributed by atoms with Crippen molar-refractivity contribution >= 4 is 23.6 Å². The van der Waals surface area contributed by atoms with Crippen molar-refractivity contribution in [1.29, 1.82) is 0 Å². The van der Waals surface area contributed by atoms with Crippen LogP contribution < -0.4 is 16.0 Å². The lowest BCUT2D eigenvalue weighted by Crippen LogP contribution is -2.41. The predicted molar refractivity (Wildman–Crippen MR) is 144 cm³/mol. The number of aryl methyl sites for hydroxylation is 1. The molecule has 1 aliphatic rings. The van der Waals surface area contributed by atoms with Gasteiger partial charge < -0.3 is 30.2 Å². The molecule has 1 saturated heterocycles. The highest BCUT2D eigenvalue weighted by atomic mass is 35.5. The first-order chi connectivity index (χ1) is 17.9. The highest BCUT2D eigenvalue weighted by molar-refractivity contribution is 6.30. The fraction of sp³-hybridized carbons (Fsp3) is 0.500. The maximum atomic E-state index is 13.1. The fourth-order valence-corrected chi connectivity index (χ4v) is 4.70. The summed E-state index contributed by atoms with van der Waals surface area (Å²) < 4.78 is 16.4. The number of ether oxygens (including phenoxy) is 3. The average molecular weight is 532 g/mol. The van der Waals surface area contributed by atoms with Crippen molar-refractivity contribution in [3.8, 4) is 0 Å². The van der Waals surface area contributed by atoms with Crippen LogP contribution in [-0.2, 0) is 14.2 Å². The number of alkyl carbamates (subject to hydrolysis) is 1. The summed E-state index contributed by atoms with van der Waals surface area (Å²) in [5.41, 5.74) is 3.27. The van der Waals surface area contributed by atoms with Crippen molar-refractivity contribution in [2.45, 2.75) is 38.3 Å². The first-order valence-electron chi connectivity index (χ1n) is 12.7. The highest BCUT2D eigenvalue weighted by Crippen LogP contribution is 2.31. The molecule has 1 unspecified atom stereocenters. The summed E-state index contributed by atoms with van der Waals surface area (Å²) in [7, 11) is 3.24. The van der Waals surface area contributed by atoms with Crippen molar-refractivity contribution in [3.63, 3.8) is 0 Å². The van der Waals surface area contributed by atoms with Gasteiger partial charge in [0.15, 0.2) is 0 Å². The Bertz CT molecular complexity index is 1030. The van der Waals surface area contributed by atoms with E-state index in [9.17, 15) is 9.59 Å².